The first kappa shape index (κ1) is 17.7. The van der Waals surface area contributed by atoms with Gasteiger partial charge in [-0.3, -0.25) is 0 Å². The third-order valence-corrected chi connectivity index (χ3v) is 7.72. The summed E-state index contributed by atoms with van der Waals surface area (Å²) in [5.41, 5.74) is 2.92. The first-order valence-electron chi connectivity index (χ1n) is 8.48. The molecule has 2 atom stereocenters. The Kier molecular flexibility index (Phi) is 4.74. The summed E-state index contributed by atoms with van der Waals surface area (Å²) in [6, 6.07) is 10.6. The van der Waals surface area contributed by atoms with Crippen molar-refractivity contribution in [1.29, 1.82) is 0 Å². The van der Waals surface area contributed by atoms with Gasteiger partial charge >= 0.3 is 0 Å². The van der Waals surface area contributed by atoms with E-state index in [-0.39, 0.29) is 5.92 Å². The first-order chi connectivity index (χ1) is 11.9. The van der Waals surface area contributed by atoms with Crippen LogP contribution in [-0.2, 0) is 16.3 Å². The van der Waals surface area contributed by atoms with Crippen molar-refractivity contribution < 1.29 is 12.8 Å². The monoisotopic (exact) mass is 356 g/mol. The minimum Gasteiger partial charge on any atom is -0.472 e. The maximum Gasteiger partial charge on any atom is 0.185 e. The van der Waals surface area contributed by atoms with Crippen LogP contribution in [0.2, 0.25) is 0 Å². The van der Waals surface area contributed by atoms with E-state index in [4.69, 9.17) is 4.42 Å². The molecule has 1 aromatic heterocycles. The summed E-state index contributed by atoms with van der Waals surface area (Å²) >= 11 is 0. The van der Waals surface area contributed by atoms with Gasteiger partial charge in [0.05, 0.1) is 22.2 Å². The van der Waals surface area contributed by atoms with E-state index in [1.54, 1.807) is 36.8 Å². The van der Waals surface area contributed by atoms with Crippen LogP contribution in [0.3, 0.4) is 0 Å². The summed E-state index contributed by atoms with van der Waals surface area (Å²) in [4.78, 5) is 0.374. The zero-order valence-electron chi connectivity index (χ0n) is 14.7. The van der Waals surface area contributed by atoms with Gasteiger partial charge in [-0.05, 0) is 56.9 Å². The number of benzene rings is 1. The van der Waals surface area contributed by atoms with Gasteiger partial charge in [0.15, 0.2) is 9.84 Å². The quantitative estimate of drug-likeness (QED) is 0.711. The number of hydrogen-bond donors (Lipinski definition) is 0. The maximum atomic E-state index is 13.8. The highest BCUT2D eigenvalue weighted by Gasteiger charge is 2.52. The Morgan fingerprint density at radius 3 is 2.60 bits per heavy atom. The number of rotatable bonds is 5. The van der Waals surface area contributed by atoms with Gasteiger partial charge in [0, 0.05) is 5.92 Å². The van der Waals surface area contributed by atoms with Crippen LogP contribution in [0, 0.1) is 5.92 Å². The summed E-state index contributed by atoms with van der Waals surface area (Å²) in [5, 5.41) is 0. The molecular weight excluding hydrogens is 332 g/mol. The lowest BCUT2D eigenvalue weighted by atomic mass is 9.73. The van der Waals surface area contributed by atoms with Gasteiger partial charge in [0.1, 0.15) is 0 Å². The molecule has 0 N–H and O–H groups in total. The number of sulfone groups is 1. The van der Waals surface area contributed by atoms with Gasteiger partial charge in [0.25, 0.3) is 0 Å². The van der Waals surface area contributed by atoms with Crippen LogP contribution in [0.1, 0.15) is 32.3 Å². The third-order valence-electron chi connectivity index (χ3n) is 5.18. The van der Waals surface area contributed by atoms with E-state index in [2.05, 4.69) is 12.7 Å². The van der Waals surface area contributed by atoms with Crippen LogP contribution in [0.5, 0.6) is 0 Å². The Morgan fingerprint density at radius 2 is 2.00 bits per heavy atom. The average molecular weight is 356 g/mol. The lowest BCUT2D eigenvalue weighted by Gasteiger charge is -2.43. The van der Waals surface area contributed by atoms with E-state index in [1.807, 2.05) is 26.0 Å². The molecule has 1 heterocycles. The van der Waals surface area contributed by atoms with E-state index < -0.39 is 14.6 Å². The Bertz CT molecular complexity index is 876. The Hall–Kier alpha value is -2.07. The Balaban J connectivity index is 2.21. The van der Waals surface area contributed by atoms with Crippen LogP contribution < -0.4 is 0 Å². The normalized spacial score (nSPS) is 23.9. The molecule has 1 aliphatic carbocycles. The number of furan rings is 1. The molecule has 2 aromatic rings. The van der Waals surface area contributed by atoms with Crippen molar-refractivity contribution in [2.24, 2.45) is 5.92 Å². The zero-order chi connectivity index (χ0) is 18.1. The molecule has 3 nitrogen and oxygen atoms in total. The maximum absolute atomic E-state index is 13.8. The lowest BCUT2D eigenvalue weighted by molar-refractivity contribution is 0.371. The van der Waals surface area contributed by atoms with Crippen molar-refractivity contribution in [3.05, 3.63) is 78.3 Å². The van der Waals surface area contributed by atoms with Crippen LogP contribution in [-0.4, -0.2) is 13.2 Å². The molecule has 1 aliphatic rings. The van der Waals surface area contributed by atoms with Gasteiger partial charge < -0.3 is 4.42 Å². The van der Waals surface area contributed by atoms with Crippen molar-refractivity contribution in [2.75, 3.05) is 0 Å². The largest absolute Gasteiger partial charge is 0.472 e. The molecular formula is C21H24O3S. The molecule has 0 saturated heterocycles. The fraction of sp³-hybridized carbons (Fsp3) is 0.333. The first-order valence-corrected chi connectivity index (χ1v) is 9.97. The molecule has 0 amide bonds. The predicted octanol–water partition coefficient (Wildman–Crippen LogP) is 4.97. The molecule has 0 unspecified atom stereocenters. The van der Waals surface area contributed by atoms with Crippen LogP contribution in [0.4, 0.5) is 0 Å². The average Bonchev–Trinajstić information content (AvgIpc) is 3.08. The van der Waals surface area contributed by atoms with Gasteiger partial charge in [-0.25, -0.2) is 8.42 Å². The second-order valence-electron chi connectivity index (χ2n) is 7.05. The predicted molar refractivity (Wildman–Crippen MR) is 100 cm³/mol. The third kappa shape index (κ3) is 3.11. The van der Waals surface area contributed by atoms with Crippen molar-refractivity contribution in [3.8, 4) is 0 Å². The fourth-order valence-electron chi connectivity index (χ4n) is 3.99. The van der Waals surface area contributed by atoms with Gasteiger partial charge in [-0.15, -0.1) is 0 Å². The standard InChI is InChI=1S/C21H24O3S/c1-16(2)20-10-9-17(3)13-21(20,14-18-11-12-24-15-18)25(22,23)19-7-5-4-6-8-19/h4-9,11-12,15,20H,1,10,13-14H2,2-3H3/t20-,21+/m0/s1. The zero-order valence-corrected chi connectivity index (χ0v) is 15.6. The SMILES string of the molecule is C=C(C)[C@@H]1CC=C(C)C[C@]1(Cc1ccoc1)S(=O)(=O)c1ccccc1. The molecule has 1 aromatic carbocycles. The molecule has 25 heavy (non-hydrogen) atoms. The molecule has 132 valence electrons. The highest BCUT2D eigenvalue weighted by Crippen LogP contribution is 2.47. The summed E-state index contributed by atoms with van der Waals surface area (Å²) in [7, 11) is -3.57. The number of allylic oxidation sites excluding steroid dienone is 3. The van der Waals surface area contributed by atoms with Gasteiger partial charge in [0.2, 0.25) is 0 Å². The Labute approximate surface area is 150 Å². The fourth-order valence-corrected chi connectivity index (χ4v) is 6.42. The molecule has 0 bridgehead atoms. The van der Waals surface area contributed by atoms with Crippen LogP contribution in [0.25, 0.3) is 0 Å². The minimum absolute atomic E-state index is 0.128. The second kappa shape index (κ2) is 6.68. The van der Waals surface area contributed by atoms with Crippen LogP contribution >= 0.6 is 0 Å². The van der Waals surface area contributed by atoms with Crippen molar-refractivity contribution in [2.45, 2.75) is 42.8 Å². The Morgan fingerprint density at radius 1 is 1.28 bits per heavy atom. The lowest BCUT2D eigenvalue weighted by Crippen LogP contribution is -2.49. The van der Waals surface area contributed by atoms with E-state index in [9.17, 15) is 8.42 Å². The van der Waals surface area contributed by atoms with Crippen molar-refractivity contribution in [1.82, 2.24) is 0 Å². The molecule has 0 radical (unpaired) electrons. The molecule has 0 fully saturated rings. The van der Waals surface area contributed by atoms with E-state index in [0.29, 0.717) is 24.2 Å². The highest BCUT2D eigenvalue weighted by atomic mass is 32.2. The number of hydrogen-bond acceptors (Lipinski definition) is 3. The smallest absolute Gasteiger partial charge is 0.185 e. The van der Waals surface area contributed by atoms with Gasteiger partial charge in [-0.2, -0.15) is 0 Å². The highest BCUT2D eigenvalue weighted by molar-refractivity contribution is 7.92. The van der Waals surface area contributed by atoms with E-state index in [1.165, 1.54) is 0 Å². The molecule has 0 aliphatic heterocycles. The summed E-state index contributed by atoms with van der Waals surface area (Å²) < 4.78 is 31.9. The van der Waals surface area contributed by atoms with Crippen molar-refractivity contribution >= 4 is 9.84 Å². The molecule has 3 rings (SSSR count). The molecule has 0 saturated carbocycles. The van der Waals surface area contributed by atoms with Crippen LogP contribution in [0.15, 0.2) is 82.0 Å². The summed E-state index contributed by atoms with van der Waals surface area (Å²) in [6.45, 7) is 8.07. The van der Waals surface area contributed by atoms with Crippen molar-refractivity contribution in [3.63, 3.8) is 0 Å². The summed E-state index contributed by atoms with van der Waals surface area (Å²) in [6.07, 6.45) is 7.01. The minimum atomic E-state index is -3.57. The summed E-state index contributed by atoms with van der Waals surface area (Å²) in [5.74, 6) is -0.128. The molecule has 4 heteroatoms. The van der Waals surface area contributed by atoms with E-state index in [0.717, 1.165) is 16.7 Å². The van der Waals surface area contributed by atoms with E-state index >= 15 is 0 Å². The topological polar surface area (TPSA) is 47.3 Å². The molecule has 0 spiro atoms. The van der Waals surface area contributed by atoms with Gasteiger partial charge in [-0.1, -0.05) is 42.0 Å². The second-order valence-corrected chi connectivity index (χ2v) is 9.34.